The average Bonchev–Trinajstić information content (AvgIpc) is 3.46. The van der Waals surface area contributed by atoms with Gasteiger partial charge in [0.05, 0.1) is 0 Å². The van der Waals surface area contributed by atoms with Crippen molar-refractivity contribution in [2.24, 2.45) is 0 Å². The molecule has 0 aliphatic heterocycles. The van der Waals surface area contributed by atoms with Gasteiger partial charge in [-0.3, -0.25) is 0 Å². The number of carbonyl (C=O) groups is 1. The summed E-state index contributed by atoms with van der Waals surface area (Å²) in [6, 6.07) is 31.6. The van der Waals surface area contributed by atoms with Crippen LogP contribution >= 0.6 is 32.1 Å². The van der Waals surface area contributed by atoms with Gasteiger partial charge in [0, 0.05) is 0 Å². The maximum absolute atomic E-state index is 13.2. The van der Waals surface area contributed by atoms with Crippen molar-refractivity contribution < 1.29 is 9.53 Å². The molecule has 2 aromatic heterocycles. The number of benzene rings is 3. The Bertz CT molecular complexity index is 1340. The van der Waals surface area contributed by atoms with Crippen LogP contribution in [0.4, 0.5) is 0 Å². The van der Waals surface area contributed by atoms with Gasteiger partial charge in [-0.2, -0.15) is 0 Å². The topological polar surface area (TPSA) is 43.6 Å². The molecule has 34 heavy (non-hydrogen) atoms. The summed E-state index contributed by atoms with van der Waals surface area (Å²) in [5, 5.41) is 2.18. The summed E-state index contributed by atoms with van der Waals surface area (Å²) in [4.78, 5) is 18.9. The molecule has 0 spiro atoms. The van der Waals surface area contributed by atoms with E-state index in [-0.39, 0.29) is 5.97 Å². The van der Waals surface area contributed by atoms with Crippen molar-refractivity contribution >= 4 is 59.0 Å². The summed E-state index contributed by atoms with van der Waals surface area (Å²) in [5.41, 5.74) is 1.23. The summed E-state index contributed by atoms with van der Waals surface area (Å²) in [5.74, 6) is -0.352. The van der Waals surface area contributed by atoms with Crippen molar-refractivity contribution in [2.45, 2.75) is 13.1 Å². The van der Waals surface area contributed by atoms with E-state index in [9.17, 15) is 4.79 Å². The van der Waals surface area contributed by atoms with Crippen molar-refractivity contribution in [3.63, 3.8) is 0 Å². The molecule has 5 rings (SSSR count). The van der Waals surface area contributed by atoms with Gasteiger partial charge in [0.1, 0.15) is 0 Å². The zero-order valence-electron chi connectivity index (χ0n) is 18.7. The molecule has 0 unspecified atom stereocenters. The SMILES string of the molecule is CCOC(=O)c1c(CP(Br)(c2ccccc2)(c2ccccc2)c2ccccc2)nc2sccn12. The van der Waals surface area contributed by atoms with Gasteiger partial charge in [0.25, 0.3) is 0 Å². The molecular weight excluding hydrogens is 527 g/mol. The first kappa shape index (κ1) is 23.0. The number of ether oxygens (including phenoxy) is 1. The van der Waals surface area contributed by atoms with Gasteiger partial charge in [0.2, 0.25) is 0 Å². The summed E-state index contributed by atoms with van der Waals surface area (Å²) in [6.45, 7) is 2.13. The number of carbonyl (C=O) groups excluding carboxylic acids is 1. The maximum atomic E-state index is 13.2. The molecule has 4 nitrogen and oxygen atoms in total. The average molecular weight is 551 g/mol. The van der Waals surface area contributed by atoms with Crippen LogP contribution in [-0.2, 0) is 10.9 Å². The van der Waals surface area contributed by atoms with Crippen molar-refractivity contribution in [3.8, 4) is 0 Å². The Hall–Kier alpha value is -2.79. The van der Waals surface area contributed by atoms with E-state index >= 15 is 0 Å². The van der Waals surface area contributed by atoms with E-state index in [1.165, 1.54) is 27.3 Å². The van der Waals surface area contributed by atoms with Crippen LogP contribution in [0.15, 0.2) is 103 Å². The number of esters is 1. The standard InChI is InChI=1S/C27H24BrN2O2PS/c1-2-32-26(31)25-24(29-27-30(25)18-19-34-27)20-33(28,21-12-6-3-7-13-21,22-14-8-4-9-15-22)23-16-10-5-11-17-23/h3-19H,2,20H2,1H3. The fourth-order valence-corrected chi connectivity index (χ4v) is 12.8. The van der Waals surface area contributed by atoms with Crippen LogP contribution in [0, 0.1) is 0 Å². The number of fused-ring (bicyclic) bond motifs is 1. The second kappa shape index (κ2) is 9.10. The van der Waals surface area contributed by atoms with Crippen molar-refractivity contribution in [1.29, 1.82) is 0 Å². The Morgan fingerprint density at radius 2 is 1.41 bits per heavy atom. The van der Waals surface area contributed by atoms with Gasteiger partial charge in [-0.15, -0.1) is 0 Å². The van der Waals surface area contributed by atoms with Crippen LogP contribution in [-0.4, -0.2) is 22.0 Å². The number of aromatic nitrogens is 2. The predicted octanol–water partition coefficient (Wildman–Crippen LogP) is 5.91. The fourth-order valence-electron chi connectivity index (χ4n) is 4.58. The van der Waals surface area contributed by atoms with E-state index in [4.69, 9.17) is 9.72 Å². The monoisotopic (exact) mass is 550 g/mol. The first-order valence-electron chi connectivity index (χ1n) is 11.1. The van der Waals surface area contributed by atoms with Crippen LogP contribution < -0.4 is 15.9 Å². The molecule has 0 N–H and O–H groups in total. The fraction of sp³-hybridized carbons (Fsp3) is 0.111. The number of hydrogen-bond acceptors (Lipinski definition) is 4. The third-order valence-corrected chi connectivity index (χ3v) is 16.3. The summed E-state index contributed by atoms with van der Waals surface area (Å²) in [7, 11) is 0. The Morgan fingerprint density at radius 1 is 0.912 bits per heavy atom. The number of hydrogen-bond donors (Lipinski definition) is 0. The number of halogens is 1. The second-order valence-electron chi connectivity index (χ2n) is 8.03. The van der Waals surface area contributed by atoms with Crippen molar-refractivity contribution in [1.82, 2.24) is 9.38 Å². The second-order valence-corrected chi connectivity index (χ2v) is 17.8. The molecule has 0 fully saturated rings. The van der Waals surface area contributed by atoms with E-state index in [2.05, 4.69) is 88.3 Å². The van der Waals surface area contributed by atoms with E-state index in [1.54, 1.807) is 0 Å². The summed E-state index contributed by atoms with van der Waals surface area (Å²) < 4.78 is 7.33. The molecular formula is C27H24BrN2O2PS. The zero-order valence-corrected chi connectivity index (χ0v) is 22.0. The number of rotatable bonds is 7. The molecule has 2 heterocycles. The Labute approximate surface area is 210 Å². The molecule has 172 valence electrons. The predicted molar refractivity (Wildman–Crippen MR) is 147 cm³/mol. The quantitative estimate of drug-likeness (QED) is 0.187. The minimum atomic E-state index is -3.29. The molecule has 0 atom stereocenters. The zero-order chi connectivity index (χ0) is 23.6. The van der Waals surface area contributed by atoms with Gasteiger partial charge in [-0.05, 0) is 0 Å². The van der Waals surface area contributed by atoms with E-state index in [0.29, 0.717) is 18.5 Å². The third-order valence-electron chi connectivity index (χ3n) is 6.13. The Balaban J connectivity index is 1.85. The third kappa shape index (κ3) is 3.61. The van der Waals surface area contributed by atoms with Crippen LogP contribution in [0.1, 0.15) is 23.1 Å². The molecule has 7 heteroatoms. The summed E-state index contributed by atoms with van der Waals surface area (Å²) >= 11 is 5.97. The van der Waals surface area contributed by atoms with Crippen molar-refractivity contribution in [3.05, 3.63) is 114 Å². The molecule has 0 aliphatic carbocycles. The number of thiazole rings is 1. The van der Waals surface area contributed by atoms with Crippen molar-refractivity contribution in [2.75, 3.05) is 6.61 Å². The molecule has 0 saturated heterocycles. The molecule has 5 aromatic rings. The van der Waals surface area contributed by atoms with E-state index in [0.717, 1.165) is 10.7 Å². The Morgan fingerprint density at radius 3 is 1.88 bits per heavy atom. The van der Waals surface area contributed by atoms with Gasteiger partial charge in [-0.25, -0.2) is 0 Å². The van der Waals surface area contributed by atoms with Crippen LogP contribution in [0.5, 0.6) is 0 Å². The first-order valence-corrected chi connectivity index (χ1v) is 16.4. The van der Waals surface area contributed by atoms with Gasteiger partial charge < -0.3 is 0 Å². The van der Waals surface area contributed by atoms with E-state index < -0.39 is 5.31 Å². The minimum absolute atomic E-state index is 0.309. The molecule has 0 saturated carbocycles. The normalized spacial score (nSPS) is 12.8. The Kier molecular flexibility index (Phi) is 6.15. The molecule has 0 bridgehead atoms. The van der Waals surface area contributed by atoms with E-state index in [1.807, 2.05) is 41.1 Å². The van der Waals surface area contributed by atoms with Crippen LogP contribution in [0.3, 0.4) is 0 Å². The molecule has 3 aromatic carbocycles. The summed E-state index contributed by atoms with van der Waals surface area (Å²) in [6.07, 6.45) is 2.42. The van der Waals surface area contributed by atoms with Gasteiger partial charge >= 0.3 is 212 Å². The molecule has 0 aliphatic rings. The number of imidazole rings is 1. The van der Waals surface area contributed by atoms with Gasteiger partial charge in [-0.1, -0.05) is 0 Å². The van der Waals surface area contributed by atoms with Gasteiger partial charge in [0.15, 0.2) is 0 Å². The first-order chi connectivity index (χ1) is 16.6. The van der Waals surface area contributed by atoms with Crippen LogP contribution in [0.25, 0.3) is 4.96 Å². The molecule has 0 amide bonds. The number of nitrogens with zero attached hydrogens (tertiary/aromatic N) is 2. The molecule has 0 radical (unpaired) electrons. The van der Waals surface area contributed by atoms with Crippen LogP contribution in [0.2, 0.25) is 0 Å².